The van der Waals surface area contributed by atoms with Crippen LogP contribution in [0.5, 0.6) is 11.5 Å². The SMILES string of the molecule is CCOc1c(Cl)cc(C(=O)OCC(=O)Nc2ccc(C(=O)NC)cc2)cc1OC. The Bertz CT molecular complexity index is 899. The predicted octanol–water partition coefficient (Wildman–Crippen LogP) is 2.90. The second kappa shape index (κ2) is 10.3. The van der Waals surface area contributed by atoms with E-state index < -0.39 is 18.5 Å². The molecule has 2 aromatic rings. The van der Waals surface area contributed by atoms with E-state index in [1.54, 1.807) is 31.2 Å². The summed E-state index contributed by atoms with van der Waals surface area (Å²) in [5.74, 6) is -0.896. The number of amides is 2. The van der Waals surface area contributed by atoms with E-state index in [0.29, 0.717) is 23.6 Å². The first-order valence-corrected chi connectivity index (χ1v) is 9.06. The molecule has 0 fully saturated rings. The van der Waals surface area contributed by atoms with E-state index in [1.165, 1.54) is 26.3 Å². The molecule has 2 N–H and O–H groups in total. The van der Waals surface area contributed by atoms with Crippen LogP contribution in [0.2, 0.25) is 5.02 Å². The molecular weight excluding hydrogens is 400 g/mol. The number of esters is 1. The summed E-state index contributed by atoms with van der Waals surface area (Å²) in [6.45, 7) is 1.68. The Hall–Kier alpha value is -3.26. The average Bonchev–Trinajstić information content (AvgIpc) is 2.73. The maximum Gasteiger partial charge on any atom is 0.338 e. The van der Waals surface area contributed by atoms with Crippen LogP contribution in [-0.4, -0.2) is 45.2 Å². The highest BCUT2D eigenvalue weighted by atomic mass is 35.5. The van der Waals surface area contributed by atoms with Crippen molar-refractivity contribution in [3.8, 4) is 11.5 Å². The van der Waals surface area contributed by atoms with E-state index in [1.807, 2.05) is 0 Å². The minimum atomic E-state index is -0.738. The molecule has 2 amide bonds. The van der Waals surface area contributed by atoms with Crippen molar-refractivity contribution in [2.45, 2.75) is 6.92 Å². The van der Waals surface area contributed by atoms with Crippen molar-refractivity contribution >= 4 is 35.1 Å². The molecule has 0 atom stereocenters. The van der Waals surface area contributed by atoms with E-state index in [9.17, 15) is 14.4 Å². The molecule has 2 aromatic carbocycles. The molecule has 29 heavy (non-hydrogen) atoms. The Kier molecular flexibility index (Phi) is 7.85. The van der Waals surface area contributed by atoms with E-state index in [2.05, 4.69) is 10.6 Å². The van der Waals surface area contributed by atoms with Crippen molar-refractivity contribution in [1.29, 1.82) is 0 Å². The normalized spacial score (nSPS) is 10.1. The first-order valence-electron chi connectivity index (χ1n) is 8.69. The predicted molar refractivity (Wildman–Crippen MR) is 108 cm³/mol. The third kappa shape index (κ3) is 5.86. The molecule has 154 valence electrons. The second-order valence-corrected chi connectivity index (χ2v) is 6.11. The van der Waals surface area contributed by atoms with Gasteiger partial charge in [0.1, 0.15) is 0 Å². The van der Waals surface area contributed by atoms with Crippen molar-refractivity contribution in [1.82, 2.24) is 5.32 Å². The van der Waals surface area contributed by atoms with Crippen LogP contribution in [0, 0.1) is 0 Å². The van der Waals surface area contributed by atoms with Crippen molar-refractivity contribution in [3.05, 3.63) is 52.5 Å². The number of carbonyl (C=O) groups is 3. The molecule has 0 unspecified atom stereocenters. The van der Waals surface area contributed by atoms with Crippen LogP contribution in [-0.2, 0) is 9.53 Å². The lowest BCUT2D eigenvalue weighted by Gasteiger charge is -2.13. The van der Waals surface area contributed by atoms with Crippen LogP contribution in [0.25, 0.3) is 0 Å². The molecule has 0 saturated carbocycles. The molecule has 0 aliphatic heterocycles. The van der Waals surface area contributed by atoms with Gasteiger partial charge in [-0.25, -0.2) is 4.79 Å². The van der Waals surface area contributed by atoms with Gasteiger partial charge in [0.2, 0.25) is 0 Å². The first-order chi connectivity index (χ1) is 13.9. The van der Waals surface area contributed by atoms with Gasteiger partial charge in [0, 0.05) is 18.3 Å². The topological polar surface area (TPSA) is 103 Å². The molecule has 0 heterocycles. The largest absolute Gasteiger partial charge is 0.493 e. The highest BCUT2D eigenvalue weighted by molar-refractivity contribution is 6.32. The van der Waals surface area contributed by atoms with E-state index in [-0.39, 0.29) is 22.2 Å². The van der Waals surface area contributed by atoms with Gasteiger partial charge >= 0.3 is 5.97 Å². The van der Waals surface area contributed by atoms with Gasteiger partial charge in [-0.2, -0.15) is 0 Å². The van der Waals surface area contributed by atoms with Crippen LogP contribution < -0.4 is 20.1 Å². The minimum absolute atomic E-state index is 0.123. The summed E-state index contributed by atoms with van der Waals surface area (Å²) >= 11 is 6.13. The van der Waals surface area contributed by atoms with Gasteiger partial charge in [-0.1, -0.05) is 11.6 Å². The van der Waals surface area contributed by atoms with Crippen molar-refractivity contribution in [3.63, 3.8) is 0 Å². The number of hydrogen-bond donors (Lipinski definition) is 2. The maximum absolute atomic E-state index is 12.2. The fourth-order valence-corrected chi connectivity index (χ4v) is 2.65. The van der Waals surface area contributed by atoms with Crippen molar-refractivity contribution in [2.75, 3.05) is 32.7 Å². The zero-order valence-corrected chi connectivity index (χ0v) is 17.0. The standard InChI is InChI=1S/C20H21ClN2O6/c1-4-28-18-15(21)9-13(10-16(18)27-3)20(26)29-11-17(24)23-14-7-5-12(6-8-14)19(25)22-2/h5-10H,4,11H2,1-3H3,(H,22,25)(H,23,24). The molecular formula is C20H21ClN2O6. The highest BCUT2D eigenvalue weighted by Gasteiger charge is 2.17. The number of hydrogen-bond acceptors (Lipinski definition) is 6. The zero-order chi connectivity index (χ0) is 21.4. The quantitative estimate of drug-likeness (QED) is 0.636. The number of rotatable bonds is 8. The Morgan fingerprint density at radius 2 is 1.76 bits per heavy atom. The maximum atomic E-state index is 12.2. The van der Waals surface area contributed by atoms with Gasteiger partial charge in [-0.3, -0.25) is 9.59 Å². The number of ether oxygens (including phenoxy) is 3. The summed E-state index contributed by atoms with van der Waals surface area (Å²) in [5.41, 5.74) is 1.04. The third-order valence-electron chi connectivity index (χ3n) is 3.75. The summed E-state index contributed by atoms with van der Waals surface area (Å²) in [5, 5.41) is 5.27. The lowest BCUT2D eigenvalue weighted by atomic mass is 10.2. The van der Waals surface area contributed by atoms with E-state index in [4.69, 9.17) is 25.8 Å². The van der Waals surface area contributed by atoms with Gasteiger partial charge in [-0.15, -0.1) is 0 Å². The fourth-order valence-electron chi connectivity index (χ4n) is 2.38. The number of methoxy groups -OCH3 is 1. The average molecular weight is 421 g/mol. The fraction of sp³-hybridized carbons (Fsp3) is 0.250. The molecule has 9 heteroatoms. The lowest BCUT2D eigenvalue weighted by Crippen LogP contribution is -2.21. The Labute approximate surface area is 173 Å². The minimum Gasteiger partial charge on any atom is -0.493 e. The molecule has 0 aliphatic carbocycles. The van der Waals surface area contributed by atoms with Gasteiger partial charge < -0.3 is 24.8 Å². The molecule has 0 bridgehead atoms. The van der Waals surface area contributed by atoms with Gasteiger partial charge in [0.05, 0.1) is 24.3 Å². The van der Waals surface area contributed by atoms with Crippen molar-refractivity contribution < 1.29 is 28.6 Å². The van der Waals surface area contributed by atoms with Gasteiger partial charge in [0.15, 0.2) is 18.1 Å². The monoisotopic (exact) mass is 420 g/mol. The lowest BCUT2D eigenvalue weighted by molar-refractivity contribution is -0.119. The van der Waals surface area contributed by atoms with E-state index in [0.717, 1.165) is 0 Å². The highest BCUT2D eigenvalue weighted by Crippen LogP contribution is 2.36. The number of halogens is 1. The molecule has 2 rings (SSSR count). The van der Waals surface area contributed by atoms with Crippen LogP contribution in [0.1, 0.15) is 27.6 Å². The number of benzene rings is 2. The molecule has 0 aliphatic rings. The molecule has 0 saturated heterocycles. The summed E-state index contributed by atoms with van der Waals surface area (Å²) in [6.07, 6.45) is 0. The zero-order valence-electron chi connectivity index (χ0n) is 16.2. The molecule has 0 aromatic heterocycles. The van der Waals surface area contributed by atoms with Gasteiger partial charge in [0.25, 0.3) is 11.8 Å². The van der Waals surface area contributed by atoms with Crippen LogP contribution in [0.15, 0.2) is 36.4 Å². The Morgan fingerprint density at radius 3 is 2.34 bits per heavy atom. The molecule has 8 nitrogen and oxygen atoms in total. The Balaban J connectivity index is 1.97. The molecule has 0 radical (unpaired) electrons. The number of carbonyl (C=O) groups excluding carboxylic acids is 3. The summed E-state index contributed by atoms with van der Waals surface area (Å²) in [4.78, 5) is 35.8. The Morgan fingerprint density at radius 1 is 1.07 bits per heavy atom. The van der Waals surface area contributed by atoms with Crippen LogP contribution in [0.4, 0.5) is 5.69 Å². The molecule has 0 spiro atoms. The van der Waals surface area contributed by atoms with E-state index >= 15 is 0 Å². The number of anilines is 1. The second-order valence-electron chi connectivity index (χ2n) is 5.70. The number of nitrogens with one attached hydrogen (secondary N) is 2. The van der Waals surface area contributed by atoms with Gasteiger partial charge in [-0.05, 0) is 43.3 Å². The third-order valence-corrected chi connectivity index (χ3v) is 4.03. The first kappa shape index (κ1) is 22.0. The summed E-state index contributed by atoms with van der Waals surface area (Å²) in [7, 11) is 2.95. The van der Waals surface area contributed by atoms with Crippen molar-refractivity contribution in [2.24, 2.45) is 0 Å². The smallest absolute Gasteiger partial charge is 0.338 e. The summed E-state index contributed by atoms with van der Waals surface area (Å²) in [6, 6.07) is 9.08. The summed E-state index contributed by atoms with van der Waals surface area (Å²) < 4.78 is 15.6. The van der Waals surface area contributed by atoms with Crippen LogP contribution >= 0.6 is 11.6 Å². The van der Waals surface area contributed by atoms with Crippen LogP contribution in [0.3, 0.4) is 0 Å².